The smallest absolute Gasteiger partial charge is 0.303 e. The molecule has 0 saturated heterocycles. The number of benzene rings is 1. The highest BCUT2D eigenvalue weighted by atomic mass is 79.9. The van der Waals surface area contributed by atoms with E-state index in [9.17, 15) is 4.79 Å². The summed E-state index contributed by atoms with van der Waals surface area (Å²) < 4.78 is 11.6. The highest BCUT2D eigenvalue weighted by Crippen LogP contribution is 2.27. The Kier molecular flexibility index (Phi) is 3.01. The highest BCUT2D eigenvalue weighted by molar-refractivity contribution is 9.10. The third kappa shape index (κ3) is 2.27. The van der Waals surface area contributed by atoms with Crippen LogP contribution in [-0.4, -0.2) is 5.97 Å². The van der Waals surface area contributed by atoms with E-state index < -0.39 is 0 Å². The standard InChI is InChI=1S/C12H11BrO3/c1-7(15-8(2)14)12-6-9-5-10(13)3-4-11(9)16-12/h3-7H,1-2H3/t7-/m1/s1. The number of fused-ring (bicyclic) bond motifs is 1. The van der Waals surface area contributed by atoms with Gasteiger partial charge in [-0.05, 0) is 31.2 Å². The van der Waals surface area contributed by atoms with Gasteiger partial charge in [0.2, 0.25) is 0 Å². The SMILES string of the molecule is CC(=O)O[C@H](C)c1cc2cc(Br)ccc2o1. The molecule has 16 heavy (non-hydrogen) atoms. The van der Waals surface area contributed by atoms with Crippen LogP contribution in [0.2, 0.25) is 0 Å². The van der Waals surface area contributed by atoms with Crippen molar-refractivity contribution in [3.8, 4) is 0 Å². The zero-order valence-corrected chi connectivity index (χ0v) is 10.6. The Morgan fingerprint density at radius 3 is 2.88 bits per heavy atom. The second-order valence-electron chi connectivity index (χ2n) is 3.58. The number of hydrogen-bond donors (Lipinski definition) is 0. The Bertz CT molecular complexity index is 530. The number of carbonyl (C=O) groups is 1. The quantitative estimate of drug-likeness (QED) is 0.786. The topological polar surface area (TPSA) is 39.4 Å². The van der Waals surface area contributed by atoms with Gasteiger partial charge in [-0.25, -0.2) is 0 Å². The molecule has 0 amide bonds. The van der Waals surface area contributed by atoms with Crippen LogP contribution in [0.1, 0.15) is 25.7 Å². The first-order chi connectivity index (χ1) is 7.56. The van der Waals surface area contributed by atoms with Crippen LogP contribution in [0, 0.1) is 0 Å². The molecule has 0 unspecified atom stereocenters. The summed E-state index contributed by atoms with van der Waals surface area (Å²) in [7, 11) is 0. The Morgan fingerprint density at radius 2 is 2.19 bits per heavy atom. The third-order valence-electron chi connectivity index (χ3n) is 2.24. The fourth-order valence-electron chi connectivity index (χ4n) is 1.54. The maximum absolute atomic E-state index is 10.8. The normalized spacial score (nSPS) is 12.7. The van der Waals surface area contributed by atoms with Crippen molar-refractivity contribution in [1.29, 1.82) is 0 Å². The molecule has 1 atom stereocenters. The van der Waals surface area contributed by atoms with Crippen LogP contribution in [0.3, 0.4) is 0 Å². The molecule has 1 heterocycles. The van der Waals surface area contributed by atoms with E-state index in [4.69, 9.17) is 9.15 Å². The Hall–Kier alpha value is -1.29. The lowest BCUT2D eigenvalue weighted by atomic mass is 10.2. The number of halogens is 1. The van der Waals surface area contributed by atoms with Crippen molar-refractivity contribution >= 4 is 32.9 Å². The molecule has 1 aromatic carbocycles. The zero-order valence-electron chi connectivity index (χ0n) is 8.99. The predicted octanol–water partition coefficient (Wildman–Crippen LogP) is 3.82. The van der Waals surface area contributed by atoms with E-state index in [1.807, 2.05) is 24.3 Å². The van der Waals surface area contributed by atoms with Crippen molar-refractivity contribution in [3.05, 3.63) is 34.5 Å². The second-order valence-corrected chi connectivity index (χ2v) is 4.50. The molecule has 0 fully saturated rings. The summed E-state index contributed by atoms with van der Waals surface area (Å²) in [4.78, 5) is 10.8. The highest BCUT2D eigenvalue weighted by Gasteiger charge is 2.14. The van der Waals surface area contributed by atoms with Crippen LogP contribution >= 0.6 is 15.9 Å². The van der Waals surface area contributed by atoms with Gasteiger partial charge in [0.25, 0.3) is 0 Å². The van der Waals surface area contributed by atoms with Crippen LogP contribution in [-0.2, 0) is 9.53 Å². The molecule has 0 radical (unpaired) electrons. The maximum atomic E-state index is 10.8. The van der Waals surface area contributed by atoms with E-state index in [0.717, 1.165) is 15.4 Å². The maximum Gasteiger partial charge on any atom is 0.303 e. The molecule has 0 aliphatic carbocycles. The van der Waals surface area contributed by atoms with Crippen LogP contribution < -0.4 is 0 Å². The average molecular weight is 283 g/mol. The Labute approximate surface area is 102 Å². The summed E-state index contributed by atoms with van der Waals surface area (Å²) >= 11 is 3.39. The summed E-state index contributed by atoms with van der Waals surface area (Å²) in [5, 5.41) is 0.989. The molecule has 0 N–H and O–H groups in total. The largest absolute Gasteiger partial charge is 0.457 e. The van der Waals surface area contributed by atoms with Crippen LogP contribution in [0.5, 0.6) is 0 Å². The number of furan rings is 1. The summed E-state index contributed by atoms with van der Waals surface area (Å²) in [6.45, 7) is 3.17. The lowest BCUT2D eigenvalue weighted by Gasteiger charge is -2.07. The van der Waals surface area contributed by atoms with E-state index in [0.29, 0.717) is 5.76 Å². The molecular weight excluding hydrogens is 272 g/mol. The summed E-state index contributed by atoms with van der Waals surface area (Å²) in [6.07, 6.45) is -0.358. The molecule has 0 saturated carbocycles. The van der Waals surface area contributed by atoms with Crippen molar-refractivity contribution in [2.75, 3.05) is 0 Å². The summed E-state index contributed by atoms with van der Waals surface area (Å²) in [5.74, 6) is 0.345. The van der Waals surface area contributed by atoms with Crippen molar-refractivity contribution in [2.24, 2.45) is 0 Å². The molecule has 1 aromatic heterocycles. The fourth-order valence-corrected chi connectivity index (χ4v) is 1.92. The monoisotopic (exact) mass is 282 g/mol. The fraction of sp³-hybridized carbons (Fsp3) is 0.250. The van der Waals surface area contributed by atoms with E-state index in [1.165, 1.54) is 6.92 Å². The van der Waals surface area contributed by atoms with Gasteiger partial charge in [0.15, 0.2) is 6.10 Å². The minimum Gasteiger partial charge on any atom is -0.457 e. The molecule has 4 heteroatoms. The number of esters is 1. The van der Waals surface area contributed by atoms with Gasteiger partial charge in [0, 0.05) is 16.8 Å². The minimum atomic E-state index is -0.358. The van der Waals surface area contributed by atoms with Gasteiger partial charge in [-0.15, -0.1) is 0 Å². The van der Waals surface area contributed by atoms with Gasteiger partial charge < -0.3 is 9.15 Å². The first-order valence-corrected chi connectivity index (χ1v) is 5.72. The Balaban J connectivity index is 2.35. The van der Waals surface area contributed by atoms with Crippen molar-refractivity contribution in [1.82, 2.24) is 0 Å². The zero-order chi connectivity index (χ0) is 11.7. The van der Waals surface area contributed by atoms with E-state index in [2.05, 4.69) is 15.9 Å². The van der Waals surface area contributed by atoms with Gasteiger partial charge >= 0.3 is 5.97 Å². The molecule has 2 rings (SSSR count). The van der Waals surface area contributed by atoms with Gasteiger partial charge in [-0.3, -0.25) is 4.79 Å². The lowest BCUT2D eigenvalue weighted by Crippen LogP contribution is -2.03. The molecule has 0 bridgehead atoms. The van der Waals surface area contributed by atoms with E-state index in [-0.39, 0.29) is 12.1 Å². The molecule has 2 aromatic rings. The third-order valence-corrected chi connectivity index (χ3v) is 2.73. The van der Waals surface area contributed by atoms with Crippen molar-refractivity contribution < 1.29 is 13.9 Å². The van der Waals surface area contributed by atoms with Crippen LogP contribution in [0.25, 0.3) is 11.0 Å². The summed E-state index contributed by atoms with van der Waals surface area (Å²) in [5.41, 5.74) is 0.789. The lowest BCUT2D eigenvalue weighted by molar-refractivity contribution is -0.146. The molecule has 0 aliphatic heterocycles. The number of rotatable bonds is 2. The molecule has 84 valence electrons. The molecule has 0 aliphatic rings. The van der Waals surface area contributed by atoms with Gasteiger partial charge in [-0.1, -0.05) is 15.9 Å². The summed E-state index contributed by atoms with van der Waals surface area (Å²) in [6, 6.07) is 7.63. The van der Waals surface area contributed by atoms with Gasteiger partial charge in [0.1, 0.15) is 11.3 Å². The average Bonchev–Trinajstić information content (AvgIpc) is 2.59. The molecular formula is C12H11BrO3. The number of carbonyl (C=O) groups excluding carboxylic acids is 1. The Morgan fingerprint density at radius 1 is 1.44 bits per heavy atom. The molecule has 0 spiro atoms. The number of hydrogen-bond acceptors (Lipinski definition) is 3. The predicted molar refractivity (Wildman–Crippen MR) is 64.1 cm³/mol. The van der Waals surface area contributed by atoms with E-state index >= 15 is 0 Å². The second kappa shape index (κ2) is 4.29. The van der Waals surface area contributed by atoms with Crippen LogP contribution in [0.15, 0.2) is 33.2 Å². The first-order valence-electron chi connectivity index (χ1n) is 4.92. The van der Waals surface area contributed by atoms with Crippen LogP contribution in [0.4, 0.5) is 0 Å². The minimum absolute atomic E-state index is 0.311. The van der Waals surface area contributed by atoms with Crippen molar-refractivity contribution in [2.45, 2.75) is 20.0 Å². The van der Waals surface area contributed by atoms with Crippen molar-refractivity contribution in [3.63, 3.8) is 0 Å². The first kappa shape index (κ1) is 11.2. The van der Waals surface area contributed by atoms with E-state index in [1.54, 1.807) is 6.92 Å². The molecule has 3 nitrogen and oxygen atoms in total. The van der Waals surface area contributed by atoms with Gasteiger partial charge in [0.05, 0.1) is 0 Å². The number of ether oxygens (including phenoxy) is 1. The van der Waals surface area contributed by atoms with Gasteiger partial charge in [-0.2, -0.15) is 0 Å².